The van der Waals surface area contributed by atoms with Crippen LogP contribution in [0.2, 0.25) is 0 Å². The van der Waals surface area contributed by atoms with E-state index in [1.165, 1.54) is 13.3 Å². The van der Waals surface area contributed by atoms with Crippen LogP contribution in [0, 0.1) is 0 Å². The number of phenolic OH excluding ortho intramolecular Hbond substituents is 1. The Kier molecular flexibility index (Phi) is 6.25. The number of methoxy groups -OCH3 is 1. The lowest BCUT2D eigenvalue weighted by Crippen LogP contribution is -2.17. The van der Waals surface area contributed by atoms with Crippen LogP contribution in [0.3, 0.4) is 0 Å². The number of phenols is 1. The number of hydrogen-bond donors (Lipinski definition) is 3. The molecule has 6 heteroatoms. The van der Waals surface area contributed by atoms with Crippen molar-refractivity contribution in [2.24, 2.45) is 5.10 Å². The van der Waals surface area contributed by atoms with Crippen molar-refractivity contribution < 1.29 is 14.6 Å². The van der Waals surface area contributed by atoms with Crippen LogP contribution in [0.4, 0.5) is 5.69 Å². The molecule has 0 aliphatic carbocycles. The summed E-state index contributed by atoms with van der Waals surface area (Å²) in [5.74, 6) is -0.0190. The predicted octanol–water partition coefficient (Wildman–Crippen LogP) is 3.78. The molecule has 0 saturated carbocycles. The Morgan fingerprint density at radius 3 is 2.50 bits per heavy atom. The Morgan fingerprint density at radius 2 is 1.79 bits per heavy atom. The molecule has 0 heterocycles. The maximum Gasteiger partial charge on any atom is 0.271 e. The van der Waals surface area contributed by atoms with E-state index in [-0.39, 0.29) is 11.7 Å². The van der Waals surface area contributed by atoms with Gasteiger partial charge in [-0.05, 0) is 42.0 Å². The second-order valence-electron chi connectivity index (χ2n) is 6.01. The number of rotatable bonds is 7. The summed E-state index contributed by atoms with van der Waals surface area (Å²) in [6.07, 6.45) is 1.37. The fraction of sp³-hybridized carbons (Fsp3) is 0.0909. The van der Waals surface area contributed by atoms with Crippen molar-refractivity contribution in [1.29, 1.82) is 0 Å². The standard InChI is InChI=1S/C22H21N3O3/c1-28-20-9-5-6-18(21(20)26)15-24-25-22(27)17-12-10-16(11-13-17)14-23-19-7-3-2-4-8-19/h2-13,15,23,26H,14H2,1H3,(H,25,27)/b24-15+. The number of nitrogens with zero attached hydrogens (tertiary/aromatic N) is 1. The summed E-state index contributed by atoms with van der Waals surface area (Å²) in [4.78, 5) is 12.2. The van der Waals surface area contributed by atoms with Crippen LogP contribution in [0.15, 0.2) is 77.9 Å². The predicted molar refractivity (Wildman–Crippen MR) is 110 cm³/mol. The average Bonchev–Trinajstić information content (AvgIpc) is 2.74. The van der Waals surface area contributed by atoms with E-state index in [2.05, 4.69) is 15.8 Å². The Balaban J connectivity index is 1.56. The SMILES string of the molecule is COc1cccc(/C=N/NC(=O)c2ccc(CNc3ccccc3)cc2)c1O. The van der Waals surface area contributed by atoms with Crippen LogP contribution in [0.25, 0.3) is 0 Å². The van der Waals surface area contributed by atoms with Crippen molar-refractivity contribution >= 4 is 17.8 Å². The van der Waals surface area contributed by atoms with Gasteiger partial charge in [0.25, 0.3) is 5.91 Å². The van der Waals surface area contributed by atoms with Gasteiger partial charge in [0.2, 0.25) is 0 Å². The molecule has 6 nitrogen and oxygen atoms in total. The van der Waals surface area contributed by atoms with Crippen LogP contribution in [0.5, 0.6) is 11.5 Å². The lowest BCUT2D eigenvalue weighted by molar-refractivity contribution is 0.0955. The molecule has 0 atom stereocenters. The van der Waals surface area contributed by atoms with Gasteiger partial charge in [-0.3, -0.25) is 4.79 Å². The number of carbonyl (C=O) groups is 1. The second-order valence-corrected chi connectivity index (χ2v) is 6.01. The Labute approximate surface area is 163 Å². The maximum absolute atomic E-state index is 12.2. The summed E-state index contributed by atoms with van der Waals surface area (Å²) in [6.45, 7) is 0.666. The summed E-state index contributed by atoms with van der Waals surface area (Å²) in [5.41, 5.74) is 5.50. The fourth-order valence-corrected chi connectivity index (χ4v) is 2.57. The molecule has 0 saturated heterocycles. The molecule has 3 N–H and O–H groups in total. The highest BCUT2D eigenvalue weighted by Gasteiger charge is 2.06. The lowest BCUT2D eigenvalue weighted by atomic mass is 10.1. The van der Waals surface area contributed by atoms with Gasteiger partial charge in [-0.2, -0.15) is 5.10 Å². The Morgan fingerprint density at radius 1 is 1.04 bits per heavy atom. The number of nitrogens with one attached hydrogen (secondary N) is 2. The molecule has 0 unspecified atom stereocenters. The molecule has 1 amide bonds. The first-order valence-electron chi connectivity index (χ1n) is 8.74. The first-order chi connectivity index (χ1) is 13.7. The van der Waals surface area contributed by atoms with E-state index in [4.69, 9.17) is 4.74 Å². The topological polar surface area (TPSA) is 83.0 Å². The van der Waals surface area contributed by atoms with E-state index in [0.717, 1.165) is 11.3 Å². The fourth-order valence-electron chi connectivity index (χ4n) is 2.57. The van der Waals surface area contributed by atoms with Gasteiger partial charge < -0.3 is 15.2 Å². The molecule has 0 radical (unpaired) electrons. The Hall–Kier alpha value is -3.80. The third-order valence-electron chi connectivity index (χ3n) is 4.11. The first-order valence-corrected chi connectivity index (χ1v) is 8.74. The molecule has 0 aromatic heterocycles. The molecule has 3 rings (SSSR count). The summed E-state index contributed by atoms with van der Waals surface area (Å²) < 4.78 is 5.04. The zero-order valence-electron chi connectivity index (χ0n) is 15.4. The lowest BCUT2D eigenvalue weighted by Gasteiger charge is -2.07. The Bertz CT molecular complexity index is 955. The summed E-state index contributed by atoms with van der Waals surface area (Å²) >= 11 is 0. The summed E-state index contributed by atoms with van der Waals surface area (Å²) in [5, 5.41) is 17.2. The molecule has 0 fully saturated rings. The largest absolute Gasteiger partial charge is 0.504 e. The van der Waals surface area contributed by atoms with E-state index >= 15 is 0 Å². The van der Waals surface area contributed by atoms with Gasteiger partial charge in [-0.25, -0.2) is 5.43 Å². The number of para-hydroxylation sites is 2. The number of anilines is 1. The molecule has 0 bridgehead atoms. The van der Waals surface area contributed by atoms with Crippen molar-refractivity contribution in [3.05, 3.63) is 89.5 Å². The third-order valence-corrected chi connectivity index (χ3v) is 4.11. The quantitative estimate of drug-likeness (QED) is 0.434. The van der Waals surface area contributed by atoms with Gasteiger partial charge >= 0.3 is 0 Å². The first kappa shape index (κ1) is 19.0. The molecule has 0 spiro atoms. The maximum atomic E-state index is 12.2. The van der Waals surface area contributed by atoms with Gasteiger partial charge in [0.1, 0.15) is 0 Å². The van der Waals surface area contributed by atoms with Crippen molar-refractivity contribution in [2.75, 3.05) is 12.4 Å². The van der Waals surface area contributed by atoms with E-state index in [0.29, 0.717) is 23.4 Å². The molecular formula is C22H21N3O3. The second kappa shape index (κ2) is 9.23. The summed E-state index contributed by atoms with van der Waals surface area (Å²) in [6, 6.07) is 22.2. The number of aromatic hydroxyl groups is 1. The minimum Gasteiger partial charge on any atom is -0.504 e. The molecule has 0 aliphatic rings. The molecule has 142 valence electrons. The van der Waals surface area contributed by atoms with E-state index in [1.807, 2.05) is 42.5 Å². The van der Waals surface area contributed by atoms with Crippen LogP contribution < -0.4 is 15.5 Å². The van der Waals surface area contributed by atoms with Crippen LogP contribution in [-0.2, 0) is 6.54 Å². The molecule has 3 aromatic carbocycles. The smallest absolute Gasteiger partial charge is 0.271 e. The number of amides is 1. The molecule has 0 aliphatic heterocycles. The average molecular weight is 375 g/mol. The van der Waals surface area contributed by atoms with Crippen molar-refractivity contribution in [1.82, 2.24) is 5.43 Å². The zero-order valence-corrected chi connectivity index (χ0v) is 15.4. The van der Waals surface area contributed by atoms with Crippen LogP contribution >= 0.6 is 0 Å². The minimum atomic E-state index is -0.332. The van der Waals surface area contributed by atoms with E-state index in [1.54, 1.807) is 30.3 Å². The highest BCUT2D eigenvalue weighted by Crippen LogP contribution is 2.27. The van der Waals surface area contributed by atoms with Crippen LogP contribution in [-0.4, -0.2) is 24.3 Å². The molecule has 3 aromatic rings. The van der Waals surface area contributed by atoms with Gasteiger partial charge in [-0.15, -0.1) is 0 Å². The molecular weight excluding hydrogens is 354 g/mol. The molecule has 28 heavy (non-hydrogen) atoms. The number of hydrazone groups is 1. The minimum absolute atomic E-state index is 0.0294. The van der Waals surface area contributed by atoms with Crippen molar-refractivity contribution in [2.45, 2.75) is 6.54 Å². The van der Waals surface area contributed by atoms with Gasteiger partial charge in [0.15, 0.2) is 11.5 Å². The number of carbonyl (C=O) groups excluding carboxylic acids is 1. The summed E-state index contributed by atoms with van der Waals surface area (Å²) in [7, 11) is 1.47. The van der Waals surface area contributed by atoms with Crippen LogP contribution in [0.1, 0.15) is 21.5 Å². The van der Waals surface area contributed by atoms with Gasteiger partial charge in [0, 0.05) is 23.4 Å². The highest BCUT2D eigenvalue weighted by atomic mass is 16.5. The third kappa shape index (κ3) is 4.88. The van der Waals surface area contributed by atoms with Gasteiger partial charge in [-0.1, -0.05) is 36.4 Å². The normalized spacial score (nSPS) is 10.6. The van der Waals surface area contributed by atoms with Crippen molar-refractivity contribution in [3.63, 3.8) is 0 Å². The van der Waals surface area contributed by atoms with Gasteiger partial charge in [0.05, 0.1) is 13.3 Å². The highest BCUT2D eigenvalue weighted by molar-refractivity contribution is 5.95. The monoisotopic (exact) mass is 375 g/mol. The van der Waals surface area contributed by atoms with E-state index in [9.17, 15) is 9.90 Å². The van der Waals surface area contributed by atoms with Crippen molar-refractivity contribution in [3.8, 4) is 11.5 Å². The number of ether oxygens (including phenoxy) is 1. The van der Waals surface area contributed by atoms with E-state index < -0.39 is 0 Å². The zero-order chi connectivity index (χ0) is 19.8. The number of hydrogen-bond acceptors (Lipinski definition) is 5. The number of benzene rings is 3.